The highest BCUT2D eigenvalue weighted by Gasteiger charge is 2.23. The van der Waals surface area contributed by atoms with Gasteiger partial charge in [0.1, 0.15) is 18.9 Å². The van der Waals surface area contributed by atoms with E-state index in [1.54, 1.807) is 0 Å². The van der Waals surface area contributed by atoms with Crippen LogP contribution in [0.5, 0.6) is 0 Å². The second-order valence-electron chi connectivity index (χ2n) is 5.82. The van der Waals surface area contributed by atoms with Gasteiger partial charge >= 0.3 is 12.1 Å². The zero-order chi connectivity index (χ0) is 19.1. The SMILES string of the molecule is O=C(N[C@@H](Cc1ccccc1)c1nc(C(=O)O)co1)OCc1ccccc1. The van der Waals surface area contributed by atoms with Crippen LogP contribution in [0.15, 0.2) is 71.3 Å². The molecule has 2 N–H and O–H groups in total. The Hall–Kier alpha value is -3.61. The summed E-state index contributed by atoms with van der Waals surface area (Å²) in [6.45, 7) is 0.122. The van der Waals surface area contributed by atoms with Crippen LogP contribution in [0.1, 0.15) is 33.5 Å². The van der Waals surface area contributed by atoms with Gasteiger partial charge in [-0.1, -0.05) is 60.7 Å². The van der Waals surface area contributed by atoms with E-state index in [0.29, 0.717) is 6.42 Å². The number of benzene rings is 2. The number of rotatable bonds is 7. The quantitative estimate of drug-likeness (QED) is 0.663. The number of hydrogen-bond donors (Lipinski definition) is 2. The van der Waals surface area contributed by atoms with Gasteiger partial charge < -0.3 is 19.6 Å². The summed E-state index contributed by atoms with van der Waals surface area (Å²) < 4.78 is 10.5. The number of aromatic nitrogens is 1. The van der Waals surface area contributed by atoms with E-state index in [9.17, 15) is 9.59 Å². The molecule has 1 aromatic heterocycles. The smallest absolute Gasteiger partial charge is 0.408 e. The van der Waals surface area contributed by atoms with Crippen LogP contribution in [-0.4, -0.2) is 22.2 Å². The first-order valence-corrected chi connectivity index (χ1v) is 8.31. The minimum absolute atomic E-state index is 0.105. The summed E-state index contributed by atoms with van der Waals surface area (Å²) in [6, 6.07) is 18.0. The molecule has 7 heteroatoms. The predicted octanol–water partition coefficient (Wildman–Crippen LogP) is 3.58. The molecule has 0 saturated heterocycles. The summed E-state index contributed by atoms with van der Waals surface area (Å²) in [6.07, 6.45) is 0.780. The number of ether oxygens (including phenoxy) is 1. The van der Waals surface area contributed by atoms with Crippen LogP contribution >= 0.6 is 0 Å². The van der Waals surface area contributed by atoms with E-state index in [4.69, 9.17) is 14.3 Å². The Morgan fingerprint density at radius 3 is 2.26 bits per heavy atom. The first-order valence-electron chi connectivity index (χ1n) is 8.31. The van der Waals surface area contributed by atoms with Crippen LogP contribution in [-0.2, 0) is 17.8 Å². The van der Waals surface area contributed by atoms with Crippen molar-refractivity contribution in [3.8, 4) is 0 Å². The molecule has 0 bridgehead atoms. The van der Waals surface area contributed by atoms with Gasteiger partial charge in [-0.2, -0.15) is 0 Å². The van der Waals surface area contributed by atoms with Crippen LogP contribution in [0.3, 0.4) is 0 Å². The number of nitrogens with zero attached hydrogens (tertiary/aromatic N) is 1. The van der Waals surface area contributed by atoms with Gasteiger partial charge in [-0.05, 0) is 11.1 Å². The lowest BCUT2D eigenvalue weighted by molar-refractivity contribution is 0.0690. The lowest BCUT2D eigenvalue weighted by Gasteiger charge is -2.16. The second kappa shape index (κ2) is 8.66. The van der Waals surface area contributed by atoms with E-state index in [0.717, 1.165) is 17.4 Å². The first kappa shape index (κ1) is 18.2. The molecule has 138 valence electrons. The molecule has 0 fully saturated rings. The van der Waals surface area contributed by atoms with Crippen molar-refractivity contribution in [2.45, 2.75) is 19.1 Å². The van der Waals surface area contributed by atoms with E-state index in [1.165, 1.54) is 0 Å². The van der Waals surface area contributed by atoms with Crippen molar-refractivity contribution in [1.29, 1.82) is 0 Å². The molecule has 1 amide bonds. The van der Waals surface area contributed by atoms with Crippen molar-refractivity contribution in [3.05, 3.63) is 89.6 Å². The van der Waals surface area contributed by atoms with Gasteiger partial charge in [0, 0.05) is 6.42 Å². The maximum absolute atomic E-state index is 12.2. The average Bonchev–Trinajstić information content (AvgIpc) is 3.18. The van der Waals surface area contributed by atoms with Gasteiger partial charge in [-0.3, -0.25) is 0 Å². The Bertz CT molecular complexity index is 893. The molecule has 1 atom stereocenters. The number of oxazole rings is 1. The summed E-state index contributed by atoms with van der Waals surface area (Å²) in [5.41, 5.74) is 1.57. The normalized spacial score (nSPS) is 11.6. The van der Waals surface area contributed by atoms with Crippen LogP contribution < -0.4 is 5.32 Å². The third-order valence-corrected chi connectivity index (χ3v) is 3.83. The summed E-state index contributed by atoms with van der Waals surface area (Å²) in [7, 11) is 0. The average molecular weight is 366 g/mol. The number of hydrogen-bond acceptors (Lipinski definition) is 5. The number of nitrogens with one attached hydrogen (secondary N) is 1. The lowest BCUT2D eigenvalue weighted by Crippen LogP contribution is -2.30. The molecule has 0 radical (unpaired) electrons. The number of carboxylic acid groups (broad SMARTS) is 1. The van der Waals surface area contributed by atoms with E-state index >= 15 is 0 Å². The van der Waals surface area contributed by atoms with Crippen LogP contribution in [0.4, 0.5) is 4.79 Å². The molecular weight excluding hydrogens is 348 g/mol. The molecule has 0 aliphatic rings. The van der Waals surface area contributed by atoms with Crippen LogP contribution in [0.2, 0.25) is 0 Å². The molecule has 0 unspecified atom stereocenters. The van der Waals surface area contributed by atoms with Gasteiger partial charge in [0.2, 0.25) is 5.89 Å². The monoisotopic (exact) mass is 366 g/mol. The molecule has 3 rings (SSSR count). The highest BCUT2D eigenvalue weighted by molar-refractivity contribution is 5.84. The van der Waals surface area contributed by atoms with Gasteiger partial charge in [0.25, 0.3) is 0 Å². The molecule has 27 heavy (non-hydrogen) atoms. The lowest BCUT2D eigenvalue weighted by atomic mass is 10.1. The Labute approximate surface area is 155 Å². The standard InChI is InChI=1S/C20H18N2O5/c23-19(24)17-13-26-18(21-17)16(11-14-7-3-1-4-8-14)22-20(25)27-12-15-9-5-2-6-10-15/h1-10,13,16H,11-12H2,(H,22,25)(H,23,24)/t16-/m0/s1. The number of carbonyl (C=O) groups is 2. The largest absolute Gasteiger partial charge is 0.476 e. The van der Waals surface area contributed by atoms with Crippen LogP contribution in [0, 0.1) is 0 Å². The maximum Gasteiger partial charge on any atom is 0.408 e. The summed E-state index contributed by atoms with van der Waals surface area (Å²) in [5.74, 6) is -1.09. The second-order valence-corrected chi connectivity index (χ2v) is 5.82. The van der Waals surface area contributed by atoms with Crippen molar-refractivity contribution in [1.82, 2.24) is 10.3 Å². The van der Waals surface area contributed by atoms with Crippen molar-refractivity contribution in [3.63, 3.8) is 0 Å². The third-order valence-electron chi connectivity index (χ3n) is 3.83. The molecule has 0 saturated carbocycles. The first-order chi connectivity index (χ1) is 13.1. The summed E-state index contributed by atoms with van der Waals surface area (Å²) in [4.78, 5) is 27.2. The van der Waals surface area contributed by atoms with Crippen molar-refractivity contribution in [2.75, 3.05) is 0 Å². The zero-order valence-corrected chi connectivity index (χ0v) is 14.4. The Kier molecular flexibility index (Phi) is 5.84. The van der Waals surface area contributed by atoms with Gasteiger partial charge in [0.05, 0.1) is 0 Å². The van der Waals surface area contributed by atoms with Gasteiger partial charge in [-0.25, -0.2) is 14.6 Å². The Morgan fingerprint density at radius 2 is 1.67 bits per heavy atom. The van der Waals surface area contributed by atoms with Crippen molar-refractivity contribution in [2.24, 2.45) is 0 Å². The minimum atomic E-state index is -1.20. The maximum atomic E-state index is 12.2. The number of carbonyl (C=O) groups excluding carboxylic acids is 1. The van der Waals surface area contributed by atoms with Crippen molar-refractivity contribution < 1.29 is 23.8 Å². The number of amides is 1. The Morgan fingerprint density at radius 1 is 1.04 bits per heavy atom. The highest BCUT2D eigenvalue weighted by Crippen LogP contribution is 2.19. The predicted molar refractivity (Wildman–Crippen MR) is 96.1 cm³/mol. The van der Waals surface area contributed by atoms with Crippen molar-refractivity contribution >= 4 is 12.1 Å². The summed E-state index contributed by atoms with van der Waals surface area (Å²) in [5, 5.41) is 11.7. The molecule has 0 aliphatic carbocycles. The molecule has 7 nitrogen and oxygen atoms in total. The summed E-state index contributed by atoms with van der Waals surface area (Å²) >= 11 is 0. The third kappa shape index (κ3) is 5.18. The molecule has 2 aromatic carbocycles. The van der Waals surface area contributed by atoms with Gasteiger partial charge in [-0.15, -0.1) is 0 Å². The minimum Gasteiger partial charge on any atom is -0.476 e. The number of carboxylic acids is 1. The van der Waals surface area contributed by atoms with E-state index < -0.39 is 18.1 Å². The fourth-order valence-corrected chi connectivity index (χ4v) is 2.50. The number of aromatic carboxylic acids is 1. The fourth-order valence-electron chi connectivity index (χ4n) is 2.50. The number of alkyl carbamates (subject to hydrolysis) is 1. The zero-order valence-electron chi connectivity index (χ0n) is 14.4. The Balaban J connectivity index is 1.70. The fraction of sp³-hybridized carbons (Fsp3) is 0.150. The molecular formula is C20H18N2O5. The molecule has 3 aromatic rings. The van der Waals surface area contributed by atoms with E-state index in [1.807, 2.05) is 60.7 Å². The van der Waals surface area contributed by atoms with Gasteiger partial charge in [0.15, 0.2) is 5.69 Å². The topological polar surface area (TPSA) is 102 Å². The van der Waals surface area contributed by atoms with Crippen LogP contribution in [0.25, 0.3) is 0 Å². The van der Waals surface area contributed by atoms with E-state index in [2.05, 4.69) is 10.3 Å². The molecule has 1 heterocycles. The molecule has 0 aliphatic heterocycles. The van der Waals surface area contributed by atoms with E-state index in [-0.39, 0.29) is 18.2 Å². The highest BCUT2D eigenvalue weighted by atomic mass is 16.5. The molecule has 0 spiro atoms.